The number of carbonyl (C=O) groups is 2. The lowest BCUT2D eigenvalue weighted by Gasteiger charge is -2.35. The molecule has 37 heavy (non-hydrogen) atoms. The van der Waals surface area contributed by atoms with E-state index < -0.39 is 6.04 Å². The van der Waals surface area contributed by atoms with Crippen LogP contribution < -0.4 is 5.32 Å². The first-order chi connectivity index (χ1) is 18.1. The van der Waals surface area contributed by atoms with E-state index in [1.807, 2.05) is 47.8 Å². The average Bonchev–Trinajstić information content (AvgIpc) is 3.70. The number of hydrogen-bond donors (Lipinski definition) is 1. The summed E-state index contributed by atoms with van der Waals surface area (Å²) >= 11 is 7.46. The van der Waals surface area contributed by atoms with Crippen LogP contribution in [0, 0.1) is 0 Å². The molecule has 1 aliphatic rings. The monoisotopic (exact) mass is 534 g/mol. The van der Waals surface area contributed by atoms with Gasteiger partial charge in [-0.25, -0.2) is 0 Å². The molecule has 2 heterocycles. The van der Waals surface area contributed by atoms with E-state index in [4.69, 9.17) is 11.6 Å². The fourth-order valence-corrected chi connectivity index (χ4v) is 5.64. The zero-order valence-corrected chi connectivity index (χ0v) is 21.7. The summed E-state index contributed by atoms with van der Waals surface area (Å²) in [5.74, 6) is 0.00691. The Morgan fingerprint density at radius 2 is 1.81 bits per heavy atom. The van der Waals surface area contributed by atoms with Crippen LogP contribution >= 0.6 is 22.9 Å². The van der Waals surface area contributed by atoms with Gasteiger partial charge in [0.25, 0.3) is 0 Å². The lowest BCUT2D eigenvalue weighted by Crippen LogP contribution is -2.49. The van der Waals surface area contributed by atoms with Gasteiger partial charge in [-0.15, -0.1) is 21.5 Å². The van der Waals surface area contributed by atoms with Crippen molar-refractivity contribution in [2.45, 2.75) is 50.9 Å². The first kappa shape index (κ1) is 25.1. The second-order valence-electron chi connectivity index (χ2n) is 9.01. The molecule has 0 bridgehead atoms. The quantitative estimate of drug-likeness (QED) is 0.330. The number of aromatic nitrogens is 4. The van der Waals surface area contributed by atoms with E-state index in [0.717, 1.165) is 41.7 Å². The Kier molecular flexibility index (Phi) is 7.91. The standard InChI is InChI=1S/C27H27ClN6O2S/c28-21-14-12-20(13-15-21)26-30-32-33(31-26)18-24(35)34(22-9-4-5-10-22)25(23-11-6-16-37-23)27(36)29-17-19-7-2-1-3-8-19/h1-3,6-8,11-16,22,25H,4-5,9-10,17-18H2,(H,29,36)/t25-/m1/s1. The van der Waals surface area contributed by atoms with Gasteiger partial charge in [-0.2, -0.15) is 4.80 Å². The Hall–Kier alpha value is -3.56. The average molecular weight is 535 g/mol. The van der Waals surface area contributed by atoms with Gasteiger partial charge < -0.3 is 10.2 Å². The molecular weight excluding hydrogens is 508 g/mol. The molecule has 190 valence electrons. The van der Waals surface area contributed by atoms with Gasteiger partial charge >= 0.3 is 0 Å². The topological polar surface area (TPSA) is 93.0 Å². The predicted octanol–water partition coefficient (Wildman–Crippen LogP) is 4.88. The van der Waals surface area contributed by atoms with E-state index in [2.05, 4.69) is 20.7 Å². The highest BCUT2D eigenvalue weighted by Crippen LogP contribution is 2.34. The van der Waals surface area contributed by atoms with Gasteiger partial charge in [-0.05, 0) is 59.3 Å². The molecule has 0 radical (unpaired) electrons. The molecule has 0 aliphatic heterocycles. The molecule has 2 amide bonds. The van der Waals surface area contributed by atoms with E-state index in [1.165, 1.54) is 16.1 Å². The van der Waals surface area contributed by atoms with Crippen LogP contribution in [-0.4, -0.2) is 43.0 Å². The van der Waals surface area contributed by atoms with Crippen LogP contribution in [0.4, 0.5) is 0 Å². The summed E-state index contributed by atoms with van der Waals surface area (Å²) in [5, 5.41) is 18.2. The van der Waals surface area contributed by atoms with Gasteiger partial charge in [0.2, 0.25) is 17.6 Å². The number of carbonyl (C=O) groups excluding carboxylic acids is 2. The molecule has 10 heteroatoms. The van der Waals surface area contributed by atoms with Crippen molar-refractivity contribution in [3.05, 3.63) is 87.6 Å². The first-order valence-electron chi connectivity index (χ1n) is 12.3. The maximum absolute atomic E-state index is 13.8. The van der Waals surface area contributed by atoms with Crippen LogP contribution in [0.15, 0.2) is 72.1 Å². The number of rotatable bonds is 9. The van der Waals surface area contributed by atoms with Gasteiger partial charge in [-0.3, -0.25) is 9.59 Å². The van der Waals surface area contributed by atoms with Crippen LogP contribution in [0.3, 0.4) is 0 Å². The lowest BCUT2D eigenvalue weighted by atomic mass is 10.1. The van der Waals surface area contributed by atoms with Crippen molar-refractivity contribution in [3.63, 3.8) is 0 Å². The van der Waals surface area contributed by atoms with E-state index in [0.29, 0.717) is 17.4 Å². The fourth-order valence-electron chi connectivity index (χ4n) is 4.69. The van der Waals surface area contributed by atoms with Gasteiger partial charge in [0.15, 0.2) is 0 Å². The number of amides is 2. The lowest BCUT2D eigenvalue weighted by molar-refractivity contribution is -0.144. The molecule has 0 saturated heterocycles. The molecule has 1 N–H and O–H groups in total. The number of tetrazole rings is 1. The van der Waals surface area contributed by atoms with Crippen molar-refractivity contribution in [3.8, 4) is 11.4 Å². The summed E-state index contributed by atoms with van der Waals surface area (Å²) in [6.45, 7) is 0.286. The molecule has 4 aromatic rings. The smallest absolute Gasteiger partial charge is 0.248 e. The number of halogens is 1. The van der Waals surface area contributed by atoms with Crippen LogP contribution in [0.1, 0.15) is 42.2 Å². The normalized spacial score (nSPS) is 14.4. The minimum absolute atomic E-state index is 0.0265. The third kappa shape index (κ3) is 6.06. The molecule has 1 saturated carbocycles. The minimum Gasteiger partial charge on any atom is -0.350 e. The number of benzene rings is 2. The van der Waals surface area contributed by atoms with Crippen molar-refractivity contribution < 1.29 is 9.59 Å². The second kappa shape index (κ2) is 11.7. The van der Waals surface area contributed by atoms with Gasteiger partial charge in [0, 0.05) is 28.0 Å². The zero-order chi connectivity index (χ0) is 25.6. The highest BCUT2D eigenvalue weighted by molar-refractivity contribution is 7.10. The Balaban J connectivity index is 1.39. The Morgan fingerprint density at radius 3 is 2.51 bits per heavy atom. The van der Waals surface area contributed by atoms with E-state index >= 15 is 0 Å². The molecule has 2 aromatic heterocycles. The highest BCUT2D eigenvalue weighted by atomic mass is 35.5. The van der Waals surface area contributed by atoms with Crippen LogP contribution in [0.5, 0.6) is 0 Å². The van der Waals surface area contributed by atoms with Gasteiger partial charge in [-0.1, -0.05) is 60.8 Å². The van der Waals surface area contributed by atoms with Gasteiger partial charge in [0.1, 0.15) is 12.6 Å². The summed E-state index contributed by atoms with van der Waals surface area (Å²) in [6.07, 6.45) is 3.78. The van der Waals surface area contributed by atoms with Crippen molar-refractivity contribution in [2.75, 3.05) is 0 Å². The van der Waals surface area contributed by atoms with Crippen molar-refractivity contribution in [1.82, 2.24) is 30.4 Å². The highest BCUT2D eigenvalue weighted by Gasteiger charge is 2.38. The first-order valence-corrected chi connectivity index (χ1v) is 13.5. The number of hydrogen-bond acceptors (Lipinski definition) is 6. The Labute approximate surface area is 224 Å². The summed E-state index contributed by atoms with van der Waals surface area (Å²) < 4.78 is 0. The number of nitrogens with one attached hydrogen (secondary N) is 1. The maximum atomic E-state index is 13.8. The summed E-state index contributed by atoms with van der Waals surface area (Å²) in [7, 11) is 0. The fraction of sp³-hybridized carbons (Fsp3) is 0.296. The van der Waals surface area contributed by atoms with Crippen molar-refractivity contribution in [2.24, 2.45) is 0 Å². The Bertz CT molecular complexity index is 1320. The molecule has 0 spiro atoms. The zero-order valence-electron chi connectivity index (χ0n) is 20.2. The molecule has 5 rings (SSSR count). The van der Waals surface area contributed by atoms with Crippen LogP contribution in [0.2, 0.25) is 5.02 Å². The largest absolute Gasteiger partial charge is 0.350 e. The van der Waals surface area contributed by atoms with E-state index in [9.17, 15) is 9.59 Å². The molecule has 0 unspecified atom stereocenters. The van der Waals surface area contributed by atoms with Crippen LogP contribution in [0.25, 0.3) is 11.4 Å². The van der Waals surface area contributed by atoms with Crippen LogP contribution in [-0.2, 0) is 22.7 Å². The van der Waals surface area contributed by atoms with Crippen molar-refractivity contribution >= 4 is 34.8 Å². The summed E-state index contributed by atoms with van der Waals surface area (Å²) in [4.78, 5) is 31.3. The number of nitrogens with zero attached hydrogens (tertiary/aromatic N) is 5. The molecule has 1 aliphatic carbocycles. The summed E-state index contributed by atoms with van der Waals surface area (Å²) in [5.41, 5.74) is 1.76. The predicted molar refractivity (Wildman–Crippen MR) is 143 cm³/mol. The molecule has 1 fully saturated rings. The number of thiophene rings is 1. The summed E-state index contributed by atoms with van der Waals surface area (Å²) in [6, 6.07) is 20.0. The third-order valence-corrected chi connectivity index (χ3v) is 7.66. The maximum Gasteiger partial charge on any atom is 0.248 e. The van der Waals surface area contributed by atoms with E-state index in [-0.39, 0.29) is 24.4 Å². The molecule has 8 nitrogen and oxygen atoms in total. The molecule has 1 atom stereocenters. The second-order valence-corrected chi connectivity index (χ2v) is 10.4. The van der Waals surface area contributed by atoms with Crippen molar-refractivity contribution in [1.29, 1.82) is 0 Å². The SMILES string of the molecule is O=C(NCc1ccccc1)[C@@H](c1cccs1)N(C(=O)Cn1nnc(-c2ccc(Cl)cc2)n1)C1CCCC1. The minimum atomic E-state index is -0.724. The van der Waals surface area contributed by atoms with Gasteiger partial charge in [0.05, 0.1) is 0 Å². The molecular formula is C27H27ClN6O2S. The third-order valence-electron chi connectivity index (χ3n) is 6.49. The Morgan fingerprint density at radius 1 is 1.05 bits per heavy atom. The molecule has 2 aromatic carbocycles. The van der Waals surface area contributed by atoms with E-state index in [1.54, 1.807) is 29.2 Å².